The van der Waals surface area contributed by atoms with Crippen LogP contribution in [0.3, 0.4) is 0 Å². The summed E-state index contributed by atoms with van der Waals surface area (Å²) in [4.78, 5) is 27.2. The highest BCUT2D eigenvalue weighted by molar-refractivity contribution is 6.12. The summed E-state index contributed by atoms with van der Waals surface area (Å²) in [5.74, 6) is -0.934. The summed E-state index contributed by atoms with van der Waals surface area (Å²) in [6.07, 6.45) is 2.06. The number of fused-ring (bicyclic) bond motifs is 1. The minimum Gasteiger partial charge on any atom is -0.366 e. The molecule has 1 heterocycles. The van der Waals surface area contributed by atoms with Crippen LogP contribution < -0.4 is 11.1 Å². The monoisotopic (exact) mass is 455 g/mol. The van der Waals surface area contributed by atoms with E-state index in [2.05, 4.69) is 48.3 Å². The van der Waals surface area contributed by atoms with Crippen molar-refractivity contribution in [2.75, 3.05) is 18.4 Å². The maximum absolute atomic E-state index is 12.8. The molecule has 3 aromatic carbocycles. The van der Waals surface area contributed by atoms with Gasteiger partial charge in [-0.15, -0.1) is 0 Å². The molecule has 0 fully saturated rings. The fourth-order valence-corrected chi connectivity index (χ4v) is 4.55. The highest BCUT2D eigenvalue weighted by Crippen LogP contribution is 2.23. The molecule has 0 unspecified atom stereocenters. The van der Waals surface area contributed by atoms with E-state index in [4.69, 9.17) is 5.73 Å². The minimum absolute atomic E-state index is 0.241. The number of anilines is 1. The largest absolute Gasteiger partial charge is 0.366 e. The summed E-state index contributed by atoms with van der Waals surface area (Å²) < 4.78 is 0. The predicted molar refractivity (Wildman–Crippen MR) is 137 cm³/mol. The molecule has 0 bridgehead atoms. The van der Waals surface area contributed by atoms with E-state index in [1.807, 2.05) is 26.0 Å². The van der Waals surface area contributed by atoms with Crippen molar-refractivity contribution in [3.8, 4) is 0 Å². The lowest BCUT2D eigenvalue weighted by molar-refractivity contribution is 0.0977. The summed E-state index contributed by atoms with van der Waals surface area (Å²) in [5, 5.41) is 2.90. The molecular formula is C29H33N3O2. The van der Waals surface area contributed by atoms with Crippen LogP contribution in [0.4, 0.5) is 5.69 Å². The molecule has 0 atom stereocenters. The zero-order valence-corrected chi connectivity index (χ0v) is 20.5. The maximum atomic E-state index is 12.8. The first-order valence-corrected chi connectivity index (χ1v) is 11.8. The van der Waals surface area contributed by atoms with Gasteiger partial charge in [0.05, 0.1) is 11.1 Å². The van der Waals surface area contributed by atoms with Crippen molar-refractivity contribution in [2.45, 2.75) is 47.1 Å². The normalized spacial score (nSPS) is 13.4. The summed E-state index contributed by atoms with van der Waals surface area (Å²) >= 11 is 0. The maximum Gasteiger partial charge on any atom is 0.256 e. The number of carbonyl (C=O) groups excluding carboxylic acids is 2. The lowest BCUT2D eigenvalue weighted by Crippen LogP contribution is -2.32. The molecule has 2 amide bonds. The first-order valence-electron chi connectivity index (χ1n) is 11.8. The van der Waals surface area contributed by atoms with Crippen LogP contribution in [-0.4, -0.2) is 29.8 Å². The fraction of sp³-hybridized carbons (Fsp3) is 0.310. The number of nitrogens with two attached hydrogens (primary N) is 1. The van der Waals surface area contributed by atoms with Crippen molar-refractivity contribution < 1.29 is 9.59 Å². The molecule has 0 saturated heterocycles. The van der Waals surface area contributed by atoms with E-state index in [1.165, 1.54) is 27.8 Å². The Labute approximate surface area is 202 Å². The molecule has 1 aliphatic heterocycles. The van der Waals surface area contributed by atoms with Gasteiger partial charge in [0.15, 0.2) is 0 Å². The van der Waals surface area contributed by atoms with Crippen LogP contribution in [0.25, 0.3) is 0 Å². The fourth-order valence-electron chi connectivity index (χ4n) is 4.55. The SMILES string of the molecule is Cc1cc2c(cc1C)CN(CCc1ccc(NC(=O)c3cc(C)c(C)cc3C(N)=O)cc1)CC2. The number of carbonyl (C=O) groups is 2. The zero-order valence-electron chi connectivity index (χ0n) is 20.5. The van der Waals surface area contributed by atoms with Crippen LogP contribution in [0, 0.1) is 27.7 Å². The average Bonchev–Trinajstić information content (AvgIpc) is 2.80. The van der Waals surface area contributed by atoms with E-state index in [1.54, 1.807) is 12.1 Å². The van der Waals surface area contributed by atoms with Crippen molar-refractivity contribution in [2.24, 2.45) is 5.73 Å². The van der Waals surface area contributed by atoms with Crippen LogP contribution >= 0.6 is 0 Å². The highest BCUT2D eigenvalue weighted by atomic mass is 16.2. The van der Waals surface area contributed by atoms with E-state index in [9.17, 15) is 9.59 Å². The molecule has 4 rings (SSSR count). The summed E-state index contributed by atoms with van der Waals surface area (Å²) in [6.45, 7) is 11.3. The molecule has 1 aliphatic rings. The molecule has 3 aromatic rings. The van der Waals surface area contributed by atoms with Crippen molar-refractivity contribution in [1.82, 2.24) is 4.90 Å². The van der Waals surface area contributed by atoms with Gasteiger partial charge in [-0.05, 0) is 104 Å². The summed E-state index contributed by atoms with van der Waals surface area (Å²) in [7, 11) is 0. The second-order valence-corrected chi connectivity index (χ2v) is 9.48. The topological polar surface area (TPSA) is 75.4 Å². The molecule has 3 N–H and O–H groups in total. The lowest BCUT2D eigenvalue weighted by atomic mass is 9.94. The number of hydrogen-bond donors (Lipinski definition) is 2. The predicted octanol–water partition coefficient (Wildman–Crippen LogP) is 4.87. The molecule has 0 aromatic heterocycles. The van der Waals surface area contributed by atoms with Crippen LogP contribution in [-0.2, 0) is 19.4 Å². The Morgan fingerprint density at radius 1 is 0.853 bits per heavy atom. The van der Waals surface area contributed by atoms with Crippen molar-refractivity contribution >= 4 is 17.5 Å². The van der Waals surface area contributed by atoms with Crippen LogP contribution in [0.1, 0.15) is 59.7 Å². The Morgan fingerprint density at radius 3 is 2.09 bits per heavy atom. The molecule has 0 aliphatic carbocycles. The number of nitrogens with zero attached hydrogens (tertiary/aromatic N) is 1. The number of aryl methyl sites for hydroxylation is 4. The van der Waals surface area contributed by atoms with Gasteiger partial charge in [0.2, 0.25) is 5.91 Å². The van der Waals surface area contributed by atoms with Gasteiger partial charge in [-0.1, -0.05) is 24.3 Å². The van der Waals surface area contributed by atoms with E-state index in [0.717, 1.165) is 43.6 Å². The molecule has 0 spiro atoms. The summed E-state index contributed by atoms with van der Waals surface area (Å²) in [5.41, 5.74) is 15.5. The second kappa shape index (κ2) is 9.82. The first-order chi connectivity index (χ1) is 16.2. The molecular weight excluding hydrogens is 422 g/mol. The van der Waals surface area contributed by atoms with Gasteiger partial charge < -0.3 is 11.1 Å². The number of nitrogens with one attached hydrogen (secondary N) is 1. The highest BCUT2D eigenvalue weighted by Gasteiger charge is 2.18. The molecule has 34 heavy (non-hydrogen) atoms. The third-order valence-corrected chi connectivity index (χ3v) is 6.98. The lowest BCUT2D eigenvalue weighted by Gasteiger charge is -2.29. The number of benzene rings is 3. The van der Waals surface area contributed by atoms with Crippen molar-refractivity contribution in [3.63, 3.8) is 0 Å². The van der Waals surface area contributed by atoms with Crippen molar-refractivity contribution in [1.29, 1.82) is 0 Å². The van der Waals surface area contributed by atoms with Crippen LogP contribution in [0.5, 0.6) is 0 Å². The number of amides is 2. The Bertz CT molecular complexity index is 1250. The first kappa shape index (κ1) is 23.7. The third-order valence-electron chi connectivity index (χ3n) is 6.98. The molecule has 0 radical (unpaired) electrons. The standard InChI is InChI=1S/C29H33N3O2/c1-18-13-23-10-12-32(17-24(23)14-19(18)2)11-9-22-5-7-25(8-6-22)31-29(34)27-16-21(4)20(3)15-26(27)28(30)33/h5-8,13-16H,9-12,17H2,1-4H3,(H2,30,33)(H,31,34). The van der Waals surface area contributed by atoms with E-state index >= 15 is 0 Å². The van der Waals surface area contributed by atoms with Gasteiger partial charge in [0, 0.05) is 25.3 Å². The Morgan fingerprint density at radius 2 is 1.44 bits per heavy atom. The van der Waals surface area contributed by atoms with Gasteiger partial charge in [-0.2, -0.15) is 0 Å². The van der Waals surface area contributed by atoms with Gasteiger partial charge in [0.1, 0.15) is 0 Å². The van der Waals surface area contributed by atoms with Gasteiger partial charge in [-0.25, -0.2) is 0 Å². The second-order valence-electron chi connectivity index (χ2n) is 9.48. The molecule has 176 valence electrons. The Kier molecular flexibility index (Phi) is 6.85. The van der Waals surface area contributed by atoms with Crippen LogP contribution in [0.2, 0.25) is 0 Å². The third kappa shape index (κ3) is 5.20. The average molecular weight is 456 g/mol. The summed E-state index contributed by atoms with van der Waals surface area (Å²) in [6, 6.07) is 16.0. The Hall–Kier alpha value is -3.44. The van der Waals surface area contributed by atoms with E-state index in [-0.39, 0.29) is 11.5 Å². The van der Waals surface area contributed by atoms with Crippen LogP contribution in [0.15, 0.2) is 48.5 Å². The van der Waals surface area contributed by atoms with Crippen molar-refractivity contribution in [3.05, 3.63) is 98.6 Å². The van der Waals surface area contributed by atoms with Gasteiger partial charge >= 0.3 is 0 Å². The number of primary amides is 1. The number of hydrogen-bond acceptors (Lipinski definition) is 3. The molecule has 0 saturated carbocycles. The smallest absolute Gasteiger partial charge is 0.256 e. The van der Waals surface area contributed by atoms with Gasteiger partial charge in [-0.3, -0.25) is 14.5 Å². The zero-order chi connectivity index (χ0) is 24.4. The number of rotatable bonds is 6. The minimum atomic E-state index is -0.603. The molecule has 5 heteroatoms. The van der Waals surface area contributed by atoms with E-state index < -0.39 is 5.91 Å². The van der Waals surface area contributed by atoms with E-state index in [0.29, 0.717) is 11.3 Å². The molecule has 5 nitrogen and oxygen atoms in total. The van der Waals surface area contributed by atoms with Gasteiger partial charge in [0.25, 0.3) is 5.91 Å². The quantitative estimate of drug-likeness (QED) is 0.557. The Balaban J connectivity index is 1.37.